The maximum Gasteiger partial charge on any atom is 0.162 e. The number of fused-ring (bicyclic) bond motifs is 1. The van der Waals surface area contributed by atoms with E-state index in [1.807, 2.05) is 6.08 Å². The van der Waals surface area contributed by atoms with Gasteiger partial charge in [0.1, 0.15) is 0 Å². The fraction of sp³-hybridized carbons (Fsp3) is 0.344. The number of carbonyl (C=O) groups is 1. The van der Waals surface area contributed by atoms with Crippen molar-refractivity contribution in [1.82, 2.24) is 0 Å². The minimum atomic E-state index is -0.0454. The van der Waals surface area contributed by atoms with Crippen molar-refractivity contribution in [3.05, 3.63) is 112 Å². The average molecular weight is 514 g/mol. The van der Waals surface area contributed by atoms with E-state index in [0.29, 0.717) is 23.7 Å². The molecule has 0 aliphatic heterocycles. The van der Waals surface area contributed by atoms with Crippen molar-refractivity contribution in [3.8, 4) is 0 Å². The summed E-state index contributed by atoms with van der Waals surface area (Å²) in [6, 6.07) is 8.33. The van der Waals surface area contributed by atoms with Crippen LogP contribution in [-0.2, 0) is 4.79 Å². The SMILES string of the molecule is CC1CC(C2=CC=CC3C=CCC[C@H]23)=CC[C@@H]1/C=C/C(=O)C1C=CC(c2ccc(Br)cc2)=CC1. The normalized spacial score (nSPS) is 30.5. The van der Waals surface area contributed by atoms with Crippen molar-refractivity contribution in [2.75, 3.05) is 0 Å². The van der Waals surface area contributed by atoms with E-state index in [0.717, 1.165) is 23.7 Å². The number of benzene rings is 1. The second-order valence-electron chi connectivity index (χ2n) is 10.1. The lowest BCUT2D eigenvalue weighted by atomic mass is 9.70. The second kappa shape index (κ2) is 10.4. The first-order valence-electron chi connectivity index (χ1n) is 12.7. The monoisotopic (exact) mass is 512 g/mol. The molecule has 1 aromatic carbocycles. The Bertz CT molecular complexity index is 1140. The molecule has 1 aromatic rings. The van der Waals surface area contributed by atoms with Gasteiger partial charge in [-0.1, -0.05) is 95.7 Å². The fourth-order valence-corrected chi connectivity index (χ4v) is 6.06. The van der Waals surface area contributed by atoms with Gasteiger partial charge in [-0.15, -0.1) is 0 Å². The number of carbonyl (C=O) groups excluding carboxylic acids is 1. The lowest BCUT2D eigenvalue weighted by molar-refractivity contribution is -0.116. The lowest BCUT2D eigenvalue weighted by Crippen LogP contribution is -2.23. The van der Waals surface area contributed by atoms with Crippen LogP contribution in [0.15, 0.2) is 107 Å². The minimum absolute atomic E-state index is 0.0454. The molecule has 5 rings (SSSR count). The Kier molecular flexibility index (Phi) is 7.15. The highest BCUT2D eigenvalue weighted by molar-refractivity contribution is 9.10. The Labute approximate surface area is 212 Å². The number of hydrogen-bond acceptors (Lipinski definition) is 1. The smallest absolute Gasteiger partial charge is 0.162 e. The molecule has 4 aliphatic rings. The first kappa shape index (κ1) is 23.3. The van der Waals surface area contributed by atoms with Crippen molar-refractivity contribution in [2.24, 2.45) is 29.6 Å². The zero-order chi connectivity index (χ0) is 23.5. The standard InChI is InChI=1S/C32H33BrO/c1-22-21-28(31-8-4-6-26-5-2-3-7-30(26)31)14-9-23(22)17-20-32(34)27-12-10-24(11-13-27)25-15-18-29(33)19-16-25/h2,4-6,8,10-12,14-20,22-23,26-27,30H,3,7,9,13,21H2,1H3/b20-17+/t22?,23-,26?,27?,30+/m1/s1. The molecule has 0 fully saturated rings. The molecular weight excluding hydrogens is 480 g/mol. The molecule has 1 nitrogen and oxygen atoms in total. The highest BCUT2D eigenvalue weighted by Crippen LogP contribution is 2.43. The zero-order valence-corrected chi connectivity index (χ0v) is 21.5. The third kappa shape index (κ3) is 5.13. The summed E-state index contributed by atoms with van der Waals surface area (Å²) in [5.74, 6) is 2.39. The first-order chi connectivity index (χ1) is 16.6. The van der Waals surface area contributed by atoms with Gasteiger partial charge >= 0.3 is 0 Å². The molecule has 0 spiro atoms. The van der Waals surface area contributed by atoms with Gasteiger partial charge in [0.2, 0.25) is 0 Å². The molecule has 0 radical (unpaired) electrons. The molecule has 0 heterocycles. The van der Waals surface area contributed by atoms with E-state index in [1.165, 1.54) is 24.0 Å². The van der Waals surface area contributed by atoms with Gasteiger partial charge < -0.3 is 0 Å². The summed E-state index contributed by atoms with van der Waals surface area (Å²) in [5.41, 5.74) is 5.49. The van der Waals surface area contributed by atoms with Crippen molar-refractivity contribution in [2.45, 2.75) is 39.0 Å². The predicted molar refractivity (Wildman–Crippen MR) is 146 cm³/mol. The van der Waals surface area contributed by atoms with Crippen LogP contribution in [0.25, 0.3) is 5.57 Å². The van der Waals surface area contributed by atoms with Crippen LogP contribution in [0.5, 0.6) is 0 Å². The molecule has 174 valence electrons. The Balaban J connectivity index is 1.19. The van der Waals surface area contributed by atoms with Crippen LogP contribution in [0.1, 0.15) is 44.6 Å². The van der Waals surface area contributed by atoms with Gasteiger partial charge in [-0.05, 0) is 90.3 Å². The van der Waals surface area contributed by atoms with Crippen molar-refractivity contribution in [3.63, 3.8) is 0 Å². The van der Waals surface area contributed by atoms with Gasteiger partial charge in [0.05, 0.1) is 0 Å². The maximum atomic E-state index is 12.9. The molecule has 3 unspecified atom stereocenters. The number of allylic oxidation sites excluding steroid dienone is 14. The maximum absolute atomic E-state index is 12.9. The number of hydrogen-bond donors (Lipinski definition) is 0. The van der Waals surface area contributed by atoms with Crippen LogP contribution in [-0.4, -0.2) is 5.78 Å². The van der Waals surface area contributed by atoms with Gasteiger partial charge in [0.25, 0.3) is 0 Å². The molecule has 0 saturated heterocycles. The fourth-order valence-electron chi connectivity index (χ4n) is 5.80. The van der Waals surface area contributed by atoms with Crippen LogP contribution in [0, 0.1) is 29.6 Å². The van der Waals surface area contributed by atoms with Crippen LogP contribution >= 0.6 is 15.9 Å². The van der Waals surface area contributed by atoms with Gasteiger partial charge in [-0.3, -0.25) is 4.79 Å². The summed E-state index contributed by atoms with van der Waals surface area (Å²) in [7, 11) is 0. The number of ketones is 1. The molecule has 0 bridgehead atoms. The molecular formula is C32H33BrO. The van der Waals surface area contributed by atoms with Crippen LogP contribution in [0.2, 0.25) is 0 Å². The third-order valence-electron chi connectivity index (χ3n) is 7.91. The largest absolute Gasteiger partial charge is 0.294 e. The average Bonchev–Trinajstić information content (AvgIpc) is 2.88. The van der Waals surface area contributed by atoms with Crippen LogP contribution < -0.4 is 0 Å². The summed E-state index contributed by atoms with van der Waals surface area (Å²) in [4.78, 5) is 12.9. The van der Waals surface area contributed by atoms with Crippen molar-refractivity contribution in [1.29, 1.82) is 0 Å². The Morgan fingerprint density at radius 2 is 1.91 bits per heavy atom. The quantitative estimate of drug-likeness (QED) is 0.285. The van der Waals surface area contributed by atoms with Gasteiger partial charge in [-0.25, -0.2) is 0 Å². The number of rotatable bonds is 5. The molecule has 0 N–H and O–H groups in total. The lowest BCUT2D eigenvalue weighted by Gasteiger charge is -2.35. The molecule has 0 aromatic heterocycles. The van der Waals surface area contributed by atoms with E-state index in [2.05, 4.69) is 108 Å². The Hall–Kier alpha value is -2.45. The molecule has 34 heavy (non-hydrogen) atoms. The minimum Gasteiger partial charge on any atom is -0.294 e. The summed E-state index contributed by atoms with van der Waals surface area (Å²) < 4.78 is 1.08. The number of halogens is 1. The van der Waals surface area contributed by atoms with E-state index in [-0.39, 0.29) is 11.7 Å². The molecule has 2 heteroatoms. The zero-order valence-electron chi connectivity index (χ0n) is 19.9. The van der Waals surface area contributed by atoms with E-state index >= 15 is 0 Å². The Morgan fingerprint density at radius 1 is 1.06 bits per heavy atom. The highest BCUT2D eigenvalue weighted by atomic mass is 79.9. The summed E-state index contributed by atoms with van der Waals surface area (Å²) in [6.45, 7) is 2.34. The predicted octanol–water partition coefficient (Wildman–Crippen LogP) is 8.59. The topological polar surface area (TPSA) is 17.1 Å². The van der Waals surface area contributed by atoms with Crippen LogP contribution in [0.3, 0.4) is 0 Å². The van der Waals surface area contributed by atoms with E-state index in [4.69, 9.17) is 0 Å². The molecule has 4 aliphatic carbocycles. The van der Waals surface area contributed by atoms with E-state index in [1.54, 1.807) is 11.1 Å². The van der Waals surface area contributed by atoms with Crippen molar-refractivity contribution >= 4 is 27.3 Å². The summed E-state index contributed by atoms with van der Waals surface area (Å²) >= 11 is 3.49. The van der Waals surface area contributed by atoms with Crippen LogP contribution in [0.4, 0.5) is 0 Å². The van der Waals surface area contributed by atoms with Crippen molar-refractivity contribution < 1.29 is 4.79 Å². The summed E-state index contributed by atoms with van der Waals surface area (Å²) in [6.07, 6.45) is 29.9. The highest BCUT2D eigenvalue weighted by Gasteiger charge is 2.30. The van der Waals surface area contributed by atoms with E-state index in [9.17, 15) is 4.79 Å². The first-order valence-corrected chi connectivity index (χ1v) is 13.5. The van der Waals surface area contributed by atoms with E-state index < -0.39 is 0 Å². The molecule has 5 atom stereocenters. The van der Waals surface area contributed by atoms with Gasteiger partial charge in [-0.2, -0.15) is 0 Å². The third-order valence-corrected chi connectivity index (χ3v) is 8.43. The summed E-state index contributed by atoms with van der Waals surface area (Å²) in [5, 5.41) is 0. The molecule has 0 saturated carbocycles. The second-order valence-corrected chi connectivity index (χ2v) is 11.1. The molecule has 0 amide bonds. The van der Waals surface area contributed by atoms with Gasteiger partial charge in [0.15, 0.2) is 5.78 Å². The Morgan fingerprint density at radius 3 is 2.68 bits per heavy atom. The van der Waals surface area contributed by atoms with Gasteiger partial charge in [0, 0.05) is 16.3 Å².